The minimum Gasteiger partial charge on any atom is -0.465 e. The highest BCUT2D eigenvalue weighted by molar-refractivity contribution is 6.01. The van der Waals surface area contributed by atoms with Gasteiger partial charge >= 0.3 is 5.97 Å². The van der Waals surface area contributed by atoms with Crippen molar-refractivity contribution in [3.8, 4) is 11.3 Å². The summed E-state index contributed by atoms with van der Waals surface area (Å²) in [5.74, 6) is -0.800. The van der Waals surface area contributed by atoms with Crippen molar-refractivity contribution in [1.29, 1.82) is 0 Å². The lowest BCUT2D eigenvalue weighted by atomic mass is 10.1. The molecule has 0 bridgehead atoms. The fourth-order valence-corrected chi connectivity index (χ4v) is 2.12. The number of methoxy groups -OCH3 is 1. The summed E-state index contributed by atoms with van der Waals surface area (Å²) < 4.78 is 23.1. The summed E-state index contributed by atoms with van der Waals surface area (Å²) in [5.41, 5.74) is 1.73. The summed E-state index contributed by atoms with van der Waals surface area (Å²) >= 11 is 0. The standard InChI is InChI=1S/C17H13FN2O3/c1-22-17(21)14-15(11-7-9-12(18)10-8-11)20-23-16(14)19-13-5-3-2-4-6-13/h2-10,19H,1H3. The van der Waals surface area contributed by atoms with Crippen molar-refractivity contribution in [1.82, 2.24) is 5.16 Å². The van der Waals surface area contributed by atoms with Crippen LogP contribution >= 0.6 is 0 Å². The van der Waals surface area contributed by atoms with Crippen LogP contribution in [0.15, 0.2) is 59.1 Å². The van der Waals surface area contributed by atoms with Gasteiger partial charge in [0, 0.05) is 11.3 Å². The molecule has 0 unspecified atom stereocenters. The van der Waals surface area contributed by atoms with Gasteiger partial charge in [-0.1, -0.05) is 23.4 Å². The highest BCUT2D eigenvalue weighted by atomic mass is 19.1. The molecule has 0 atom stereocenters. The Morgan fingerprint density at radius 2 is 1.83 bits per heavy atom. The van der Waals surface area contributed by atoms with Crippen LogP contribution < -0.4 is 5.32 Å². The Labute approximate surface area is 131 Å². The monoisotopic (exact) mass is 312 g/mol. The molecular formula is C17H13FN2O3. The fraction of sp³-hybridized carbons (Fsp3) is 0.0588. The Bertz CT molecular complexity index is 814. The van der Waals surface area contributed by atoms with Gasteiger partial charge in [-0.2, -0.15) is 0 Å². The molecule has 116 valence electrons. The average molecular weight is 312 g/mol. The van der Waals surface area contributed by atoms with Crippen molar-refractivity contribution in [2.75, 3.05) is 12.4 Å². The molecule has 0 aliphatic heterocycles. The zero-order valence-corrected chi connectivity index (χ0v) is 12.2. The molecule has 5 nitrogen and oxygen atoms in total. The molecule has 23 heavy (non-hydrogen) atoms. The molecule has 3 aromatic rings. The first-order chi connectivity index (χ1) is 11.2. The number of hydrogen-bond acceptors (Lipinski definition) is 5. The van der Waals surface area contributed by atoms with Crippen LogP contribution in [0.25, 0.3) is 11.3 Å². The number of nitrogens with one attached hydrogen (secondary N) is 1. The first-order valence-electron chi connectivity index (χ1n) is 6.85. The molecule has 1 aromatic heterocycles. The molecule has 0 saturated carbocycles. The number of esters is 1. The van der Waals surface area contributed by atoms with Gasteiger partial charge in [0.2, 0.25) is 5.88 Å². The summed E-state index contributed by atoms with van der Waals surface area (Å²) in [6.45, 7) is 0. The van der Waals surface area contributed by atoms with Gasteiger partial charge in [-0.3, -0.25) is 0 Å². The van der Waals surface area contributed by atoms with Crippen LogP contribution in [0.3, 0.4) is 0 Å². The van der Waals surface area contributed by atoms with Crippen LogP contribution in [0.1, 0.15) is 10.4 Å². The molecule has 0 spiro atoms. The van der Waals surface area contributed by atoms with E-state index < -0.39 is 5.97 Å². The number of ether oxygens (including phenoxy) is 1. The van der Waals surface area contributed by atoms with Crippen molar-refractivity contribution in [3.63, 3.8) is 0 Å². The quantitative estimate of drug-likeness (QED) is 0.737. The van der Waals surface area contributed by atoms with Gasteiger partial charge in [-0.05, 0) is 36.4 Å². The Kier molecular flexibility index (Phi) is 4.05. The molecule has 1 N–H and O–H groups in total. The number of aromatic nitrogens is 1. The van der Waals surface area contributed by atoms with Gasteiger partial charge < -0.3 is 14.6 Å². The van der Waals surface area contributed by atoms with Crippen molar-refractivity contribution in [2.45, 2.75) is 0 Å². The maximum Gasteiger partial charge on any atom is 0.345 e. The number of carbonyl (C=O) groups is 1. The van der Waals surface area contributed by atoms with Gasteiger partial charge in [-0.25, -0.2) is 9.18 Å². The zero-order valence-electron chi connectivity index (χ0n) is 12.2. The van der Waals surface area contributed by atoms with E-state index in [9.17, 15) is 9.18 Å². The van der Waals surface area contributed by atoms with Crippen LogP contribution in [0.2, 0.25) is 0 Å². The Hall–Kier alpha value is -3.15. The largest absolute Gasteiger partial charge is 0.465 e. The molecule has 2 aromatic carbocycles. The fourth-order valence-electron chi connectivity index (χ4n) is 2.12. The summed E-state index contributed by atoms with van der Waals surface area (Å²) in [6.07, 6.45) is 0. The molecular weight excluding hydrogens is 299 g/mol. The van der Waals surface area contributed by atoms with E-state index in [0.29, 0.717) is 5.56 Å². The van der Waals surface area contributed by atoms with E-state index >= 15 is 0 Å². The predicted octanol–water partition coefficient (Wildman–Crippen LogP) is 4.01. The number of carbonyl (C=O) groups excluding carboxylic acids is 1. The third-order valence-electron chi connectivity index (χ3n) is 3.23. The van der Waals surface area contributed by atoms with E-state index in [1.165, 1.54) is 31.4 Å². The first-order valence-corrected chi connectivity index (χ1v) is 6.85. The van der Waals surface area contributed by atoms with Gasteiger partial charge in [0.25, 0.3) is 0 Å². The third-order valence-corrected chi connectivity index (χ3v) is 3.23. The Morgan fingerprint density at radius 3 is 2.48 bits per heavy atom. The number of para-hydroxylation sites is 1. The highest BCUT2D eigenvalue weighted by Gasteiger charge is 2.25. The van der Waals surface area contributed by atoms with Crippen LogP contribution in [0.4, 0.5) is 16.0 Å². The molecule has 0 saturated heterocycles. The third kappa shape index (κ3) is 3.06. The molecule has 0 amide bonds. The minimum atomic E-state index is -0.594. The zero-order chi connectivity index (χ0) is 16.2. The van der Waals surface area contributed by atoms with E-state index in [1.54, 1.807) is 0 Å². The maximum absolute atomic E-state index is 13.1. The van der Waals surface area contributed by atoms with Gasteiger partial charge in [0.15, 0.2) is 5.56 Å². The molecule has 0 fully saturated rings. The van der Waals surface area contributed by atoms with E-state index in [1.807, 2.05) is 30.3 Å². The van der Waals surface area contributed by atoms with E-state index in [2.05, 4.69) is 10.5 Å². The number of halogens is 1. The summed E-state index contributed by atoms with van der Waals surface area (Å²) in [6, 6.07) is 14.8. The lowest BCUT2D eigenvalue weighted by Gasteiger charge is -2.05. The molecule has 0 aliphatic carbocycles. The summed E-state index contributed by atoms with van der Waals surface area (Å²) in [7, 11) is 1.27. The maximum atomic E-state index is 13.1. The predicted molar refractivity (Wildman–Crippen MR) is 83.0 cm³/mol. The lowest BCUT2D eigenvalue weighted by Crippen LogP contribution is -2.05. The Morgan fingerprint density at radius 1 is 1.13 bits per heavy atom. The molecule has 6 heteroatoms. The van der Waals surface area contributed by atoms with Crippen LogP contribution in [0.5, 0.6) is 0 Å². The van der Waals surface area contributed by atoms with Gasteiger partial charge in [-0.15, -0.1) is 0 Å². The number of anilines is 2. The second-order valence-electron chi connectivity index (χ2n) is 4.72. The highest BCUT2D eigenvalue weighted by Crippen LogP contribution is 2.31. The topological polar surface area (TPSA) is 64.4 Å². The Balaban J connectivity index is 2.04. The average Bonchev–Trinajstić information content (AvgIpc) is 2.99. The van der Waals surface area contributed by atoms with Crippen molar-refractivity contribution in [2.24, 2.45) is 0 Å². The van der Waals surface area contributed by atoms with E-state index in [-0.39, 0.29) is 23.0 Å². The first kappa shape index (κ1) is 14.8. The van der Waals surface area contributed by atoms with E-state index in [4.69, 9.17) is 9.26 Å². The molecule has 0 radical (unpaired) electrons. The number of benzene rings is 2. The summed E-state index contributed by atoms with van der Waals surface area (Å²) in [5, 5.41) is 6.91. The van der Waals surface area contributed by atoms with Crippen LogP contribution in [-0.2, 0) is 4.74 Å². The summed E-state index contributed by atoms with van der Waals surface area (Å²) in [4.78, 5) is 12.1. The van der Waals surface area contributed by atoms with Gasteiger partial charge in [0.1, 0.15) is 11.5 Å². The second kappa shape index (κ2) is 6.31. The minimum absolute atomic E-state index is 0.156. The number of nitrogens with zero attached hydrogens (tertiary/aromatic N) is 1. The molecule has 0 aliphatic rings. The van der Waals surface area contributed by atoms with Crippen LogP contribution in [0, 0.1) is 5.82 Å². The lowest BCUT2D eigenvalue weighted by molar-refractivity contribution is 0.0602. The van der Waals surface area contributed by atoms with Crippen molar-refractivity contribution >= 4 is 17.5 Å². The van der Waals surface area contributed by atoms with Crippen molar-refractivity contribution in [3.05, 3.63) is 66.0 Å². The smallest absolute Gasteiger partial charge is 0.345 e. The SMILES string of the molecule is COC(=O)c1c(-c2ccc(F)cc2)noc1Nc1ccccc1. The molecule has 1 heterocycles. The van der Waals surface area contributed by atoms with Crippen molar-refractivity contribution < 1.29 is 18.4 Å². The normalized spacial score (nSPS) is 10.3. The van der Waals surface area contributed by atoms with Gasteiger partial charge in [0.05, 0.1) is 7.11 Å². The number of rotatable bonds is 4. The second-order valence-corrected chi connectivity index (χ2v) is 4.72. The van der Waals surface area contributed by atoms with E-state index in [0.717, 1.165) is 5.69 Å². The van der Waals surface area contributed by atoms with Crippen LogP contribution in [-0.4, -0.2) is 18.2 Å². The number of hydrogen-bond donors (Lipinski definition) is 1. The molecule has 3 rings (SSSR count).